The monoisotopic (exact) mass is 350 g/mol. The van der Waals surface area contributed by atoms with Gasteiger partial charge in [-0.15, -0.1) is 0 Å². The van der Waals surface area contributed by atoms with Crippen molar-refractivity contribution in [3.8, 4) is 0 Å². The molecule has 3 rings (SSSR count). The smallest absolute Gasteiger partial charge is 0.251 e. The van der Waals surface area contributed by atoms with E-state index < -0.39 is 16.1 Å². The fourth-order valence-electron chi connectivity index (χ4n) is 2.56. The van der Waals surface area contributed by atoms with Gasteiger partial charge in [-0.2, -0.15) is 0 Å². The van der Waals surface area contributed by atoms with E-state index in [0.29, 0.717) is 30.0 Å². The van der Waals surface area contributed by atoms with Crippen LogP contribution < -0.4 is 10.0 Å². The molecule has 1 atom stereocenters. The number of hydrogen-bond acceptors (Lipinski definition) is 5. The minimum atomic E-state index is -3.85. The molecule has 0 aliphatic carbocycles. The lowest BCUT2D eigenvalue weighted by Gasteiger charge is -2.17. The Kier molecular flexibility index (Phi) is 4.44. The number of amides is 1. The second-order valence-corrected chi connectivity index (χ2v) is 7.41. The zero-order valence-electron chi connectivity index (χ0n) is 13.1. The Morgan fingerprint density at radius 2 is 2.12 bits per heavy atom. The van der Waals surface area contributed by atoms with E-state index >= 15 is 0 Å². The zero-order chi connectivity index (χ0) is 17.3. The summed E-state index contributed by atoms with van der Waals surface area (Å²) in [6.45, 7) is 2.06. The van der Waals surface area contributed by atoms with Crippen molar-refractivity contribution >= 4 is 15.9 Å². The maximum Gasteiger partial charge on any atom is 0.251 e. The zero-order valence-corrected chi connectivity index (χ0v) is 13.9. The van der Waals surface area contributed by atoms with Gasteiger partial charge in [0.2, 0.25) is 10.0 Å². The topological polar surface area (TPSA) is 109 Å². The number of carbonyl (C=O) groups is 1. The molecule has 1 amide bonds. The predicted molar refractivity (Wildman–Crippen MR) is 86.1 cm³/mol. The van der Waals surface area contributed by atoms with E-state index in [1.165, 1.54) is 12.1 Å². The molecule has 7 nitrogen and oxygen atoms in total. The van der Waals surface area contributed by atoms with Crippen LogP contribution in [0.25, 0.3) is 0 Å². The second-order valence-electron chi connectivity index (χ2n) is 5.64. The first-order chi connectivity index (χ1) is 11.4. The molecule has 1 aromatic carbocycles. The Balaban J connectivity index is 1.76. The van der Waals surface area contributed by atoms with E-state index in [4.69, 9.17) is 4.42 Å². The van der Waals surface area contributed by atoms with Crippen LogP contribution in [0.1, 0.15) is 33.5 Å². The largest absolute Gasteiger partial charge is 0.464 e. The molecule has 1 unspecified atom stereocenters. The van der Waals surface area contributed by atoms with Crippen molar-refractivity contribution in [3.63, 3.8) is 0 Å². The first-order valence-corrected chi connectivity index (χ1v) is 9.00. The Labute approximate surface area is 139 Å². The van der Waals surface area contributed by atoms with Gasteiger partial charge < -0.3 is 14.8 Å². The first kappa shape index (κ1) is 16.7. The molecule has 0 saturated carbocycles. The van der Waals surface area contributed by atoms with Crippen LogP contribution >= 0.6 is 0 Å². The molecule has 2 aromatic rings. The number of sulfonamides is 1. The molecular formula is C16H18N2O5S. The van der Waals surface area contributed by atoms with E-state index in [-0.39, 0.29) is 17.3 Å². The van der Waals surface area contributed by atoms with Crippen molar-refractivity contribution in [2.75, 3.05) is 13.1 Å². The molecule has 1 aromatic heterocycles. The minimum absolute atomic E-state index is 0.0128. The summed E-state index contributed by atoms with van der Waals surface area (Å²) in [6.07, 6.45) is -0.417. The van der Waals surface area contributed by atoms with Crippen molar-refractivity contribution in [2.24, 2.45) is 0 Å². The molecule has 128 valence electrons. The van der Waals surface area contributed by atoms with E-state index in [9.17, 15) is 18.3 Å². The van der Waals surface area contributed by atoms with Crippen LogP contribution in [-0.2, 0) is 16.4 Å². The number of rotatable bonds is 5. The Bertz CT molecular complexity index is 872. The Morgan fingerprint density at radius 3 is 2.83 bits per heavy atom. The van der Waals surface area contributed by atoms with Crippen LogP contribution in [-0.4, -0.2) is 32.5 Å². The molecule has 1 aliphatic rings. The lowest BCUT2D eigenvalue weighted by molar-refractivity contribution is 0.0945. The number of benzene rings is 1. The van der Waals surface area contributed by atoms with Crippen LogP contribution in [0, 0.1) is 6.92 Å². The predicted octanol–water partition coefficient (Wildman–Crippen LogP) is 0.886. The Morgan fingerprint density at radius 1 is 1.33 bits per heavy atom. The third-order valence-corrected chi connectivity index (χ3v) is 5.29. The van der Waals surface area contributed by atoms with Gasteiger partial charge in [0.1, 0.15) is 17.6 Å². The number of nitrogens with one attached hydrogen (secondary N) is 2. The van der Waals surface area contributed by atoms with Gasteiger partial charge in [-0.05, 0) is 43.2 Å². The van der Waals surface area contributed by atoms with Gasteiger partial charge in [-0.1, -0.05) is 6.07 Å². The van der Waals surface area contributed by atoms with E-state index in [1.54, 1.807) is 25.1 Å². The highest BCUT2D eigenvalue weighted by molar-refractivity contribution is 7.89. The van der Waals surface area contributed by atoms with Gasteiger partial charge in [-0.3, -0.25) is 4.79 Å². The normalized spacial score (nSPS) is 15.7. The molecule has 0 saturated heterocycles. The molecule has 0 radical (unpaired) electrons. The van der Waals surface area contributed by atoms with Crippen molar-refractivity contribution in [1.82, 2.24) is 10.0 Å². The van der Waals surface area contributed by atoms with Crippen LogP contribution in [0.4, 0.5) is 0 Å². The molecule has 0 fully saturated rings. The molecule has 3 N–H and O–H groups in total. The number of aryl methyl sites for hydroxylation is 1. The lowest BCUT2D eigenvalue weighted by atomic mass is 10.0. The summed E-state index contributed by atoms with van der Waals surface area (Å²) in [5.41, 5.74) is 1.19. The number of carbonyl (C=O) groups excluding carboxylic acids is 1. The van der Waals surface area contributed by atoms with Crippen LogP contribution in [0.5, 0.6) is 0 Å². The number of aliphatic hydroxyl groups excluding tert-OH is 1. The molecule has 2 heterocycles. The van der Waals surface area contributed by atoms with Crippen molar-refractivity contribution in [3.05, 3.63) is 53.0 Å². The average Bonchev–Trinajstić information content (AvgIpc) is 2.99. The van der Waals surface area contributed by atoms with Gasteiger partial charge in [0.25, 0.3) is 5.91 Å². The molecule has 24 heavy (non-hydrogen) atoms. The van der Waals surface area contributed by atoms with Crippen LogP contribution in [0.15, 0.2) is 39.6 Å². The summed E-state index contributed by atoms with van der Waals surface area (Å²) < 4.78 is 32.4. The van der Waals surface area contributed by atoms with Crippen molar-refractivity contribution in [2.45, 2.75) is 24.3 Å². The van der Waals surface area contributed by atoms with Crippen LogP contribution in [0.3, 0.4) is 0 Å². The summed E-state index contributed by atoms with van der Waals surface area (Å²) in [4.78, 5) is 11.8. The summed E-state index contributed by atoms with van der Waals surface area (Å²) in [7, 11) is -3.85. The average molecular weight is 350 g/mol. The highest BCUT2D eigenvalue weighted by Crippen LogP contribution is 2.20. The minimum Gasteiger partial charge on any atom is -0.464 e. The van der Waals surface area contributed by atoms with Gasteiger partial charge in [-0.25, -0.2) is 13.1 Å². The molecule has 1 aliphatic heterocycles. The van der Waals surface area contributed by atoms with Gasteiger partial charge in [0.15, 0.2) is 0 Å². The summed E-state index contributed by atoms with van der Waals surface area (Å²) >= 11 is 0. The third-order valence-electron chi connectivity index (χ3n) is 3.87. The summed E-state index contributed by atoms with van der Waals surface area (Å²) in [5, 5.41) is 12.7. The maximum absolute atomic E-state index is 12.4. The first-order valence-electron chi connectivity index (χ1n) is 7.52. The second kappa shape index (κ2) is 6.39. The van der Waals surface area contributed by atoms with Gasteiger partial charge in [0, 0.05) is 18.7 Å². The number of hydrogen-bond donors (Lipinski definition) is 3. The summed E-state index contributed by atoms with van der Waals surface area (Å²) in [5.74, 6) is 0.645. The quantitative estimate of drug-likeness (QED) is 0.742. The molecular weight excluding hydrogens is 332 g/mol. The van der Waals surface area contributed by atoms with E-state index in [0.717, 1.165) is 5.56 Å². The Hall–Kier alpha value is -2.16. The SMILES string of the molecule is Cc1ccc(C(O)CNS(=O)(=O)c2ccc3c(c2)C(=O)NCC3)o1. The number of fused-ring (bicyclic) bond motifs is 1. The fraction of sp³-hybridized carbons (Fsp3) is 0.312. The van der Waals surface area contributed by atoms with Crippen LogP contribution in [0.2, 0.25) is 0 Å². The fourth-order valence-corrected chi connectivity index (χ4v) is 3.63. The standard InChI is InChI=1S/C16H18N2O5S/c1-10-2-5-15(23-10)14(19)9-18-24(21,22)12-4-3-11-6-7-17-16(20)13(11)8-12/h2-5,8,14,18-19H,6-7,9H2,1H3,(H,17,20). The lowest BCUT2D eigenvalue weighted by Crippen LogP contribution is -2.33. The highest BCUT2D eigenvalue weighted by Gasteiger charge is 2.22. The van der Waals surface area contributed by atoms with Gasteiger partial charge >= 0.3 is 0 Å². The van der Waals surface area contributed by atoms with Crippen molar-refractivity contribution < 1.29 is 22.7 Å². The van der Waals surface area contributed by atoms with Crippen molar-refractivity contribution in [1.29, 1.82) is 0 Å². The summed E-state index contributed by atoms with van der Waals surface area (Å²) in [6, 6.07) is 7.75. The molecule has 8 heteroatoms. The maximum atomic E-state index is 12.4. The molecule has 0 spiro atoms. The number of aliphatic hydroxyl groups is 1. The highest BCUT2D eigenvalue weighted by atomic mass is 32.2. The van der Waals surface area contributed by atoms with Gasteiger partial charge in [0.05, 0.1) is 4.90 Å². The number of furan rings is 1. The molecule has 0 bridgehead atoms. The van der Waals surface area contributed by atoms with E-state index in [2.05, 4.69) is 10.0 Å². The third kappa shape index (κ3) is 3.35. The van der Waals surface area contributed by atoms with E-state index in [1.807, 2.05) is 0 Å².